The first-order valence-corrected chi connectivity index (χ1v) is 10.3. The Morgan fingerprint density at radius 2 is 1.59 bits per heavy atom. The number of ether oxygens (including phenoxy) is 1. The Bertz CT molecular complexity index is 1060. The number of amides is 1. The summed E-state index contributed by atoms with van der Waals surface area (Å²) in [6.45, 7) is 4.97. The van der Waals surface area contributed by atoms with Crippen LogP contribution in [0.5, 0.6) is 0 Å². The Hall–Kier alpha value is -2.50. The monoisotopic (exact) mass is 510 g/mol. The quantitative estimate of drug-likeness (QED) is 0.482. The Balaban J connectivity index is 2.76. The van der Waals surface area contributed by atoms with Crippen molar-refractivity contribution < 1.29 is 41.7 Å². The molecule has 1 aromatic heterocycles. The molecule has 188 valence electrons. The SMILES string of the molecule is CC(C)(C)OC(=O)NCC(O)(c1nc(-c2ccc(F)cc2)c(Cl)c(C(C)(C)O)c1F)C(F)(F)F. The number of benzene rings is 1. The molecule has 1 aromatic carbocycles. The number of carbonyl (C=O) groups is 1. The van der Waals surface area contributed by atoms with Crippen molar-refractivity contribution in [1.29, 1.82) is 0 Å². The second kappa shape index (κ2) is 9.27. The number of pyridine rings is 1. The third-order valence-electron chi connectivity index (χ3n) is 4.56. The molecule has 6 nitrogen and oxygen atoms in total. The van der Waals surface area contributed by atoms with E-state index < -0.39 is 69.2 Å². The van der Waals surface area contributed by atoms with Crippen molar-refractivity contribution >= 4 is 17.7 Å². The standard InChI is InChI=1S/C22H24ClF5N2O4/c1-19(2,3)34-18(31)29-10-21(33,22(26,27)28)17-15(25)13(20(4,5)32)14(23)16(30-17)11-6-8-12(24)9-7-11/h6-9,32-33H,10H2,1-5H3,(H,29,31). The summed E-state index contributed by atoms with van der Waals surface area (Å²) < 4.78 is 75.9. The van der Waals surface area contributed by atoms with E-state index in [0.717, 1.165) is 38.1 Å². The number of alkyl carbamates (subject to hydrolysis) is 1. The minimum Gasteiger partial charge on any atom is -0.444 e. The fourth-order valence-corrected chi connectivity index (χ4v) is 3.45. The molecule has 0 saturated carbocycles. The maximum Gasteiger partial charge on any atom is 0.424 e. The Morgan fingerprint density at radius 3 is 2.03 bits per heavy atom. The number of hydrogen-bond acceptors (Lipinski definition) is 5. The summed E-state index contributed by atoms with van der Waals surface area (Å²) >= 11 is 6.20. The van der Waals surface area contributed by atoms with Gasteiger partial charge in [-0.3, -0.25) is 0 Å². The Morgan fingerprint density at radius 1 is 1.06 bits per heavy atom. The maximum atomic E-state index is 15.4. The van der Waals surface area contributed by atoms with Gasteiger partial charge in [-0.05, 0) is 58.9 Å². The van der Waals surface area contributed by atoms with Gasteiger partial charge in [0.1, 0.15) is 17.1 Å². The molecule has 1 amide bonds. The molecule has 3 N–H and O–H groups in total. The molecular weight excluding hydrogens is 487 g/mol. The normalized spacial score (nSPS) is 14.5. The third-order valence-corrected chi connectivity index (χ3v) is 4.92. The highest BCUT2D eigenvalue weighted by Gasteiger charge is 2.58. The van der Waals surface area contributed by atoms with Crippen LogP contribution in [0.25, 0.3) is 11.3 Å². The molecule has 0 aliphatic carbocycles. The van der Waals surface area contributed by atoms with Gasteiger partial charge in [0.25, 0.3) is 0 Å². The van der Waals surface area contributed by atoms with E-state index in [1.54, 1.807) is 5.32 Å². The van der Waals surface area contributed by atoms with Crippen LogP contribution in [0.3, 0.4) is 0 Å². The fourth-order valence-electron chi connectivity index (χ4n) is 2.99. The number of carbonyl (C=O) groups excluding carboxylic acids is 1. The molecule has 34 heavy (non-hydrogen) atoms. The predicted molar refractivity (Wildman–Crippen MR) is 114 cm³/mol. The topological polar surface area (TPSA) is 91.7 Å². The molecule has 2 aromatic rings. The molecule has 0 fully saturated rings. The van der Waals surface area contributed by atoms with Crippen molar-refractivity contribution in [1.82, 2.24) is 10.3 Å². The summed E-state index contributed by atoms with van der Waals surface area (Å²) in [5.74, 6) is -2.40. The smallest absolute Gasteiger partial charge is 0.424 e. The molecular formula is C22H24ClF5N2O4. The number of hydrogen-bond donors (Lipinski definition) is 3. The van der Waals surface area contributed by atoms with Gasteiger partial charge in [0, 0.05) is 11.1 Å². The van der Waals surface area contributed by atoms with Gasteiger partial charge in [-0.15, -0.1) is 0 Å². The van der Waals surface area contributed by atoms with Crippen molar-refractivity contribution in [3.63, 3.8) is 0 Å². The molecule has 1 unspecified atom stereocenters. The van der Waals surface area contributed by atoms with E-state index in [2.05, 4.69) is 4.98 Å². The lowest BCUT2D eigenvalue weighted by Gasteiger charge is -2.33. The van der Waals surface area contributed by atoms with Gasteiger partial charge in [-0.2, -0.15) is 13.2 Å². The Kier molecular flexibility index (Phi) is 7.57. The molecule has 2 rings (SSSR count). The van der Waals surface area contributed by atoms with Crippen LogP contribution in [0.1, 0.15) is 45.9 Å². The van der Waals surface area contributed by atoms with Gasteiger partial charge in [-0.1, -0.05) is 11.6 Å². The first-order valence-electron chi connectivity index (χ1n) is 9.92. The van der Waals surface area contributed by atoms with E-state index in [1.807, 2.05) is 0 Å². The number of alkyl halides is 3. The van der Waals surface area contributed by atoms with Gasteiger partial charge >= 0.3 is 12.3 Å². The lowest BCUT2D eigenvalue weighted by atomic mass is 9.89. The van der Waals surface area contributed by atoms with Crippen LogP contribution in [0.4, 0.5) is 26.7 Å². The van der Waals surface area contributed by atoms with Crippen LogP contribution in [0.15, 0.2) is 24.3 Å². The molecule has 0 aliphatic heterocycles. The van der Waals surface area contributed by atoms with Gasteiger partial charge in [-0.25, -0.2) is 18.6 Å². The van der Waals surface area contributed by atoms with E-state index in [4.69, 9.17) is 16.3 Å². The van der Waals surface area contributed by atoms with Crippen molar-refractivity contribution in [2.24, 2.45) is 0 Å². The first-order chi connectivity index (χ1) is 15.3. The summed E-state index contributed by atoms with van der Waals surface area (Å²) in [5, 5.41) is 22.3. The van der Waals surface area contributed by atoms with Gasteiger partial charge in [0.05, 0.1) is 22.9 Å². The number of aliphatic hydroxyl groups is 2. The number of halogens is 6. The lowest BCUT2D eigenvalue weighted by Crippen LogP contribution is -2.53. The fraction of sp³-hybridized carbons (Fsp3) is 0.455. The number of nitrogens with one attached hydrogen (secondary N) is 1. The second-order valence-corrected chi connectivity index (χ2v) is 9.47. The zero-order valence-corrected chi connectivity index (χ0v) is 19.7. The zero-order valence-electron chi connectivity index (χ0n) is 18.9. The summed E-state index contributed by atoms with van der Waals surface area (Å²) in [6, 6.07) is 4.20. The Labute approximate surface area is 197 Å². The minimum absolute atomic E-state index is 0.0113. The van der Waals surface area contributed by atoms with Crippen LogP contribution in [-0.4, -0.2) is 39.6 Å². The molecule has 0 bridgehead atoms. The molecule has 1 atom stereocenters. The minimum atomic E-state index is -5.54. The van der Waals surface area contributed by atoms with Gasteiger partial charge in [0.15, 0.2) is 5.82 Å². The van der Waals surface area contributed by atoms with Gasteiger partial charge < -0.3 is 20.3 Å². The molecule has 0 aliphatic rings. The van der Waals surface area contributed by atoms with Crippen LogP contribution in [-0.2, 0) is 15.9 Å². The highest BCUT2D eigenvalue weighted by Crippen LogP contribution is 2.44. The zero-order chi connectivity index (χ0) is 26.3. The number of rotatable bonds is 5. The molecule has 12 heteroatoms. The molecule has 0 saturated heterocycles. The van der Waals surface area contributed by atoms with E-state index in [1.165, 1.54) is 20.8 Å². The molecule has 0 spiro atoms. The number of nitrogens with zero attached hydrogens (tertiary/aromatic N) is 1. The van der Waals surface area contributed by atoms with Crippen LogP contribution >= 0.6 is 11.6 Å². The molecule has 1 heterocycles. The van der Waals surface area contributed by atoms with Crippen molar-refractivity contribution in [3.8, 4) is 11.3 Å². The van der Waals surface area contributed by atoms with E-state index in [9.17, 15) is 32.6 Å². The van der Waals surface area contributed by atoms with E-state index in [-0.39, 0.29) is 5.56 Å². The third kappa shape index (κ3) is 5.94. The largest absolute Gasteiger partial charge is 0.444 e. The predicted octanol–water partition coefficient (Wildman–Crippen LogP) is 5.18. The summed E-state index contributed by atoms with van der Waals surface area (Å²) in [7, 11) is 0. The number of aromatic nitrogens is 1. The van der Waals surface area contributed by atoms with Crippen molar-refractivity contribution in [2.45, 2.75) is 57.6 Å². The average Bonchev–Trinajstić information content (AvgIpc) is 2.64. The second-order valence-electron chi connectivity index (χ2n) is 9.09. The van der Waals surface area contributed by atoms with E-state index in [0.29, 0.717) is 0 Å². The van der Waals surface area contributed by atoms with Gasteiger partial charge in [0.2, 0.25) is 5.60 Å². The summed E-state index contributed by atoms with van der Waals surface area (Å²) in [4.78, 5) is 15.6. The van der Waals surface area contributed by atoms with Crippen LogP contribution < -0.4 is 5.32 Å². The highest BCUT2D eigenvalue weighted by molar-refractivity contribution is 6.34. The van der Waals surface area contributed by atoms with Crippen molar-refractivity contribution in [2.75, 3.05) is 6.54 Å². The lowest BCUT2D eigenvalue weighted by molar-refractivity contribution is -0.266. The van der Waals surface area contributed by atoms with E-state index >= 15 is 4.39 Å². The maximum absolute atomic E-state index is 15.4. The van der Waals surface area contributed by atoms with Crippen LogP contribution in [0.2, 0.25) is 5.02 Å². The highest BCUT2D eigenvalue weighted by atomic mass is 35.5. The van der Waals surface area contributed by atoms with Crippen LogP contribution in [0, 0.1) is 11.6 Å². The molecule has 0 radical (unpaired) electrons. The summed E-state index contributed by atoms with van der Waals surface area (Å²) in [5.41, 5.74) is -10.0. The van der Waals surface area contributed by atoms with Crippen molar-refractivity contribution in [3.05, 3.63) is 52.2 Å². The average molecular weight is 511 g/mol. The summed E-state index contributed by atoms with van der Waals surface area (Å²) in [6.07, 6.45) is -6.84. The first kappa shape index (κ1) is 27.7.